The first-order valence-electron chi connectivity index (χ1n) is 5.49. The molecular weight excluding hydrogens is 202 g/mol. The van der Waals surface area contributed by atoms with Crippen LogP contribution in [0.15, 0.2) is 24.4 Å². The minimum Gasteiger partial charge on any atom is -0.349 e. The third kappa shape index (κ3) is 1.78. The highest BCUT2D eigenvalue weighted by Gasteiger charge is 2.14. The summed E-state index contributed by atoms with van der Waals surface area (Å²) in [5.41, 5.74) is 2.34. The first kappa shape index (κ1) is 10.7. The van der Waals surface area contributed by atoms with Crippen LogP contribution in [0.5, 0.6) is 0 Å². The van der Waals surface area contributed by atoms with E-state index < -0.39 is 0 Å². The molecular formula is C12H15N3O. The van der Waals surface area contributed by atoms with Crippen LogP contribution in [0.1, 0.15) is 24.3 Å². The van der Waals surface area contributed by atoms with Crippen molar-refractivity contribution in [2.24, 2.45) is 0 Å². The third-order valence-corrected chi connectivity index (χ3v) is 2.67. The van der Waals surface area contributed by atoms with Gasteiger partial charge in [-0.1, -0.05) is 0 Å². The second kappa shape index (κ2) is 4.35. The van der Waals surface area contributed by atoms with Gasteiger partial charge in [0.25, 0.3) is 5.91 Å². The van der Waals surface area contributed by atoms with Crippen molar-refractivity contribution in [3.05, 3.63) is 30.1 Å². The summed E-state index contributed by atoms with van der Waals surface area (Å²) in [6.45, 7) is 5.39. The number of aromatic amines is 1. The predicted molar refractivity (Wildman–Crippen MR) is 63.3 cm³/mol. The van der Waals surface area contributed by atoms with Gasteiger partial charge in [0, 0.05) is 19.3 Å². The number of rotatable bonds is 3. The summed E-state index contributed by atoms with van der Waals surface area (Å²) in [5, 5.41) is 0. The molecule has 2 heterocycles. The Labute approximate surface area is 94.3 Å². The summed E-state index contributed by atoms with van der Waals surface area (Å²) in [5.74, 6) is 0.0306. The first-order valence-corrected chi connectivity index (χ1v) is 5.49. The van der Waals surface area contributed by atoms with E-state index >= 15 is 0 Å². The molecule has 16 heavy (non-hydrogen) atoms. The molecule has 0 aliphatic rings. The molecule has 2 aromatic heterocycles. The average molecular weight is 217 g/mol. The number of fused-ring (bicyclic) bond motifs is 1. The lowest BCUT2D eigenvalue weighted by molar-refractivity contribution is 0.0768. The highest BCUT2D eigenvalue weighted by Crippen LogP contribution is 2.13. The standard InChI is InChI=1S/C12H15N3O/c1-3-15(4-2)12(16)11-8-10-9(14-11)6-5-7-13-10/h5-8,14H,3-4H2,1-2H3. The number of nitrogens with zero attached hydrogens (tertiary/aromatic N) is 2. The minimum absolute atomic E-state index is 0.0306. The van der Waals surface area contributed by atoms with Gasteiger partial charge in [-0.05, 0) is 32.0 Å². The van der Waals surface area contributed by atoms with Gasteiger partial charge in [-0.2, -0.15) is 0 Å². The quantitative estimate of drug-likeness (QED) is 0.855. The van der Waals surface area contributed by atoms with Crippen LogP contribution in [-0.4, -0.2) is 33.9 Å². The number of H-pyrrole nitrogens is 1. The zero-order valence-corrected chi connectivity index (χ0v) is 9.53. The number of amides is 1. The fourth-order valence-corrected chi connectivity index (χ4v) is 1.75. The van der Waals surface area contributed by atoms with Gasteiger partial charge in [-0.3, -0.25) is 9.78 Å². The largest absolute Gasteiger partial charge is 0.349 e. The van der Waals surface area contributed by atoms with E-state index in [9.17, 15) is 4.79 Å². The summed E-state index contributed by atoms with van der Waals surface area (Å²) in [6.07, 6.45) is 1.72. The van der Waals surface area contributed by atoms with Crippen molar-refractivity contribution in [3.63, 3.8) is 0 Å². The molecule has 2 rings (SSSR count). The van der Waals surface area contributed by atoms with Crippen molar-refractivity contribution in [1.29, 1.82) is 0 Å². The topological polar surface area (TPSA) is 49.0 Å². The van der Waals surface area contributed by atoms with Crippen molar-refractivity contribution in [1.82, 2.24) is 14.9 Å². The molecule has 0 spiro atoms. The van der Waals surface area contributed by atoms with Crippen LogP contribution in [0.25, 0.3) is 11.0 Å². The molecule has 0 atom stereocenters. The minimum atomic E-state index is 0.0306. The molecule has 0 fully saturated rings. The molecule has 0 unspecified atom stereocenters. The Morgan fingerprint density at radius 3 is 2.81 bits per heavy atom. The number of carbonyl (C=O) groups is 1. The Morgan fingerprint density at radius 2 is 2.19 bits per heavy atom. The van der Waals surface area contributed by atoms with Gasteiger partial charge < -0.3 is 9.88 Å². The highest BCUT2D eigenvalue weighted by molar-refractivity contribution is 5.97. The van der Waals surface area contributed by atoms with Crippen LogP contribution in [0.4, 0.5) is 0 Å². The molecule has 2 aromatic rings. The Kier molecular flexibility index (Phi) is 2.90. The van der Waals surface area contributed by atoms with E-state index in [-0.39, 0.29) is 5.91 Å². The van der Waals surface area contributed by atoms with Crippen LogP contribution >= 0.6 is 0 Å². The number of aromatic nitrogens is 2. The van der Waals surface area contributed by atoms with Gasteiger partial charge in [-0.15, -0.1) is 0 Å². The number of pyridine rings is 1. The molecule has 0 aliphatic heterocycles. The second-order valence-electron chi connectivity index (χ2n) is 3.60. The van der Waals surface area contributed by atoms with Crippen LogP contribution < -0.4 is 0 Å². The lowest BCUT2D eigenvalue weighted by atomic mass is 10.3. The monoisotopic (exact) mass is 217 g/mol. The first-order chi connectivity index (χ1) is 7.76. The molecule has 0 aliphatic carbocycles. The molecule has 1 N–H and O–H groups in total. The van der Waals surface area contributed by atoms with E-state index in [0.717, 1.165) is 24.1 Å². The summed E-state index contributed by atoms with van der Waals surface area (Å²) in [7, 11) is 0. The number of nitrogens with one attached hydrogen (secondary N) is 1. The summed E-state index contributed by atoms with van der Waals surface area (Å²) in [4.78, 5) is 21.1. The Morgan fingerprint density at radius 1 is 1.44 bits per heavy atom. The number of hydrogen-bond acceptors (Lipinski definition) is 2. The smallest absolute Gasteiger partial charge is 0.270 e. The maximum atomic E-state index is 12.0. The normalized spacial score (nSPS) is 10.6. The Bertz CT molecular complexity index is 467. The Balaban J connectivity index is 2.36. The summed E-state index contributed by atoms with van der Waals surface area (Å²) in [6, 6.07) is 5.57. The Hall–Kier alpha value is -1.84. The third-order valence-electron chi connectivity index (χ3n) is 2.67. The van der Waals surface area contributed by atoms with Crippen LogP contribution in [0.3, 0.4) is 0 Å². The van der Waals surface area contributed by atoms with Crippen LogP contribution in [0, 0.1) is 0 Å². The molecule has 0 saturated heterocycles. The zero-order chi connectivity index (χ0) is 11.5. The molecule has 0 bridgehead atoms. The lowest BCUT2D eigenvalue weighted by Crippen LogP contribution is -2.30. The number of carbonyl (C=O) groups excluding carboxylic acids is 1. The molecule has 1 amide bonds. The lowest BCUT2D eigenvalue weighted by Gasteiger charge is -2.17. The van der Waals surface area contributed by atoms with Crippen LogP contribution in [0.2, 0.25) is 0 Å². The molecule has 84 valence electrons. The van der Waals surface area contributed by atoms with E-state index in [4.69, 9.17) is 0 Å². The second-order valence-corrected chi connectivity index (χ2v) is 3.60. The molecule has 4 nitrogen and oxygen atoms in total. The molecule has 0 radical (unpaired) electrons. The average Bonchev–Trinajstić information content (AvgIpc) is 2.74. The van der Waals surface area contributed by atoms with E-state index in [1.807, 2.05) is 26.0 Å². The van der Waals surface area contributed by atoms with Crippen LogP contribution in [-0.2, 0) is 0 Å². The van der Waals surface area contributed by atoms with Gasteiger partial charge in [0.15, 0.2) is 0 Å². The van der Waals surface area contributed by atoms with Gasteiger partial charge in [0.05, 0.1) is 11.0 Å². The van der Waals surface area contributed by atoms with Gasteiger partial charge >= 0.3 is 0 Å². The van der Waals surface area contributed by atoms with Crippen molar-refractivity contribution in [2.45, 2.75) is 13.8 Å². The van der Waals surface area contributed by atoms with E-state index in [0.29, 0.717) is 5.69 Å². The van der Waals surface area contributed by atoms with Gasteiger partial charge in [0.2, 0.25) is 0 Å². The van der Waals surface area contributed by atoms with Crippen molar-refractivity contribution >= 4 is 16.9 Å². The zero-order valence-electron chi connectivity index (χ0n) is 9.53. The fourth-order valence-electron chi connectivity index (χ4n) is 1.75. The van der Waals surface area contributed by atoms with Gasteiger partial charge in [0.1, 0.15) is 5.69 Å². The SMILES string of the molecule is CCN(CC)C(=O)c1cc2ncccc2[nH]1. The van der Waals surface area contributed by atoms with Crippen molar-refractivity contribution < 1.29 is 4.79 Å². The summed E-state index contributed by atoms with van der Waals surface area (Å²) >= 11 is 0. The van der Waals surface area contributed by atoms with Crippen molar-refractivity contribution in [3.8, 4) is 0 Å². The van der Waals surface area contributed by atoms with E-state index in [2.05, 4.69) is 9.97 Å². The maximum Gasteiger partial charge on any atom is 0.270 e. The van der Waals surface area contributed by atoms with E-state index in [1.54, 1.807) is 17.2 Å². The molecule has 0 aromatic carbocycles. The summed E-state index contributed by atoms with van der Waals surface area (Å²) < 4.78 is 0. The number of hydrogen-bond donors (Lipinski definition) is 1. The fraction of sp³-hybridized carbons (Fsp3) is 0.333. The van der Waals surface area contributed by atoms with Crippen molar-refractivity contribution in [2.75, 3.05) is 13.1 Å². The molecule has 4 heteroatoms. The highest BCUT2D eigenvalue weighted by atomic mass is 16.2. The van der Waals surface area contributed by atoms with E-state index in [1.165, 1.54) is 0 Å². The van der Waals surface area contributed by atoms with Gasteiger partial charge in [-0.25, -0.2) is 0 Å². The maximum absolute atomic E-state index is 12.0. The predicted octanol–water partition coefficient (Wildman–Crippen LogP) is 2.04. The molecule has 0 saturated carbocycles.